The highest BCUT2D eigenvalue weighted by Gasteiger charge is 2.60. The molecule has 8 atom stereocenters. The van der Waals surface area contributed by atoms with Crippen molar-refractivity contribution in [1.82, 2.24) is 9.80 Å². The third-order valence-corrected chi connectivity index (χ3v) is 26.1. The smallest absolute Gasteiger partial charge is 0.272 e. The van der Waals surface area contributed by atoms with Gasteiger partial charge in [0.25, 0.3) is 31.9 Å². The molecule has 4 aromatic carbocycles. The molecule has 4 bridgehead atoms. The lowest BCUT2D eigenvalue weighted by molar-refractivity contribution is -1.08. The van der Waals surface area contributed by atoms with E-state index >= 15 is 0 Å². The van der Waals surface area contributed by atoms with Crippen LogP contribution in [-0.4, -0.2) is 226 Å². The fraction of sp³-hybridized carbons (Fsp3) is 0.532. The fourth-order valence-corrected chi connectivity index (χ4v) is 20.7. The molecule has 12 aliphatic heterocycles. The summed E-state index contributed by atoms with van der Waals surface area (Å²) in [6.07, 6.45) is -0.0706. The van der Waals surface area contributed by atoms with E-state index in [0.29, 0.717) is 40.3 Å². The Morgan fingerprint density at radius 3 is 1.35 bits per heavy atom. The molecule has 24 heteroatoms. The van der Waals surface area contributed by atoms with Crippen molar-refractivity contribution in [1.29, 1.82) is 0 Å². The number of nitrogens with zero attached hydrogens (tertiary/aromatic N) is 8. The Hall–Kier alpha value is -6.51. The molecule has 22 nitrogen and oxygen atoms in total. The summed E-state index contributed by atoms with van der Waals surface area (Å²) in [6.45, 7) is 23.4. The first kappa shape index (κ1) is 58.5. The number of aliphatic carboxylic acids is 1. The number of carbonyl (C=O) groups is 5. The van der Waals surface area contributed by atoms with Crippen LogP contribution in [0.3, 0.4) is 0 Å². The van der Waals surface area contributed by atoms with Crippen LogP contribution in [0.5, 0.6) is 0 Å². The molecule has 12 heterocycles. The minimum absolute atomic E-state index is 0.0423. The SMILES string of the molecule is CC1=C(CN2c3cccc4c(CC[N+]56CC[N+](CC(N)=O)(CC5)CC6)ccc(c34)S2(=O)=O)[C@H](C)[C@@H]2[C@@H]([C@@H](C)O)C(=O)N12.C[C@@H](O)[C@H]1C(=O)N2C(C(=O)[O-])=C(CN3c4cccc5c(CC[N+]67CC[N+](CC(N)=O)(CC6)CC7)ccc(c45)S3(=O)=O)[C@H](C)[C@H]12. The van der Waals surface area contributed by atoms with Gasteiger partial charge in [0.1, 0.15) is 78.5 Å². The second-order valence-corrected chi connectivity index (χ2v) is 30.6. The standard InChI is InChI=1S/C31H37N5O7S.C31H40N5O5S/c1-18-22(29(31(40)41)34-28(18)26(19(2)37)30(34)39)16-33-23-5-3-4-21-20(6-7-24(27(21)23)44(33,42)43)8-9-35-10-13-36(14-11-35,15-12-35)17-25(32)38;1-19-24(20(2)34-30(19)28(21(3)37)31(34)39)17-33-25-6-4-5-23-22(7-8-26(29(23)25)42(33,40)41)9-10-35-11-14-36(15-12-35,16-13-35)18-27(32)38/h3-7,18-19,26,28,37H,8-17H2,1-2H3,(H-2,32,38,40,41);4-8,19,21,28,30,37H,9-18H2,1-3H3,(H-,32,38)/q;+1/p+2/t18-,19+,26+,28+,35?,36?;19-,21+,28+,30+,35?,36?/m00/s1. The monoisotopic (exact) mass is 1220 g/mol. The molecule has 0 aliphatic carbocycles. The number of sulfonamides is 2. The number of carboxylic acid groups (broad SMARTS) is 1. The summed E-state index contributed by atoms with van der Waals surface area (Å²) in [5, 5.41) is 35.9. The molecule has 16 rings (SSSR count). The van der Waals surface area contributed by atoms with E-state index in [-0.39, 0.29) is 53.4 Å². The van der Waals surface area contributed by atoms with E-state index in [9.17, 15) is 56.1 Å². The molecule has 0 unspecified atom stereocenters. The average molecular weight is 1220 g/mol. The van der Waals surface area contributed by atoms with E-state index in [0.717, 1.165) is 166 Å². The van der Waals surface area contributed by atoms with Gasteiger partial charge in [0, 0.05) is 41.1 Å². The normalized spacial score (nSPS) is 32.8. The summed E-state index contributed by atoms with van der Waals surface area (Å²) >= 11 is 0. The molecule has 4 amide bonds. The molecule has 0 spiro atoms. The third kappa shape index (κ3) is 8.76. The second-order valence-electron chi connectivity index (χ2n) is 26.9. The number of amides is 4. The van der Waals surface area contributed by atoms with Crippen molar-refractivity contribution >= 4 is 82.6 Å². The van der Waals surface area contributed by atoms with Gasteiger partial charge in [-0.15, -0.1) is 0 Å². The summed E-state index contributed by atoms with van der Waals surface area (Å²) in [6, 6.07) is 18.0. The number of hydrogen-bond acceptors (Lipinski definition) is 12. The Labute approximate surface area is 501 Å². The van der Waals surface area contributed by atoms with Gasteiger partial charge in [0.2, 0.25) is 11.8 Å². The summed E-state index contributed by atoms with van der Waals surface area (Å²) in [4.78, 5) is 64.5. The van der Waals surface area contributed by atoms with Crippen LogP contribution >= 0.6 is 0 Å². The van der Waals surface area contributed by atoms with E-state index in [1.807, 2.05) is 56.3 Å². The number of quaternary nitrogens is 4. The molecule has 458 valence electrons. The molecule has 12 aliphatic rings. The molecule has 0 aromatic heterocycles. The molecule has 0 saturated carbocycles. The van der Waals surface area contributed by atoms with E-state index in [1.54, 1.807) is 36.9 Å². The van der Waals surface area contributed by atoms with Gasteiger partial charge >= 0.3 is 0 Å². The molecule has 0 radical (unpaired) electrons. The number of anilines is 2. The fourth-order valence-electron chi connectivity index (χ4n) is 17.4. The van der Waals surface area contributed by atoms with Crippen LogP contribution < -0.4 is 25.2 Å². The summed E-state index contributed by atoms with van der Waals surface area (Å²) in [5.41, 5.74) is 16.2. The summed E-state index contributed by atoms with van der Waals surface area (Å²) < 4.78 is 62.2. The third-order valence-electron chi connectivity index (χ3n) is 22.5. The van der Waals surface area contributed by atoms with Gasteiger partial charge in [0.05, 0.1) is 95.1 Å². The van der Waals surface area contributed by atoms with Crippen molar-refractivity contribution in [2.75, 3.05) is 126 Å². The number of hydrogen-bond donors (Lipinski definition) is 4. The molecule has 8 fully saturated rings. The van der Waals surface area contributed by atoms with Gasteiger partial charge in [-0.05, 0) is 78.1 Å². The number of β-lactam (4-membered cyclic amide) rings is 2. The maximum Gasteiger partial charge on any atom is 0.272 e. The number of primary amides is 2. The van der Waals surface area contributed by atoms with Crippen molar-refractivity contribution in [3.63, 3.8) is 0 Å². The van der Waals surface area contributed by atoms with Gasteiger partial charge in [-0.25, -0.2) is 16.8 Å². The minimum Gasteiger partial charge on any atom is -0.543 e. The molecule has 6 N–H and O–H groups in total. The number of carbonyl (C=O) groups excluding carboxylic acids is 5. The first-order valence-electron chi connectivity index (χ1n) is 30.5. The molecule has 86 heavy (non-hydrogen) atoms. The maximum atomic E-state index is 14.0. The number of aliphatic hydroxyl groups excluding tert-OH is 2. The Bertz CT molecular complexity index is 3890. The lowest BCUT2D eigenvalue weighted by atomic mass is 9.78. The Morgan fingerprint density at radius 1 is 0.581 bits per heavy atom. The zero-order chi connectivity index (χ0) is 61.1. The highest BCUT2D eigenvalue weighted by Crippen LogP contribution is 2.52. The van der Waals surface area contributed by atoms with Crippen LogP contribution in [0.4, 0.5) is 11.4 Å². The van der Waals surface area contributed by atoms with Gasteiger partial charge in [0.15, 0.2) is 13.1 Å². The Kier molecular flexibility index (Phi) is 13.8. The Balaban J connectivity index is 0.000000160. The number of piperazine rings is 6. The van der Waals surface area contributed by atoms with E-state index < -0.39 is 67.9 Å². The van der Waals surface area contributed by atoms with E-state index in [1.165, 1.54) is 15.5 Å². The number of aliphatic hydroxyl groups is 2. The predicted molar refractivity (Wildman–Crippen MR) is 316 cm³/mol. The van der Waals surface area contributed by atoms with Crippen molar-refractivity contribution in [2.45, 2.75) is 81.5 Å². The molecule has 4 aromatic rings. The van der Waals surface area contributed by atoms with Gasteiger partial charge in [-0.1, -0.05) is 50.2 Å². The van der Waals surface area contributed by atoms with Crippen molar-refractivity contribution < 1.29 is 74.1 Å². The van der Waals surface area contributed by atoms with Crippen LogP contribution in [-0.2, 0) is 56.9 Å². The summed E-state index contributed by atoms with van der Waals surface area (Å²) in [5.74, 6) is -4.29. The molecular weight excluding hydrogens is 1140 g/mol. The second kappa shape index (κ2) is 20.3. The van der Waals surface area contributed by atoms with E-state index in [4.69, 9.17) is 11.5 Å². The zero-order valence-corrected chi connectivity index (χ0v) is 51.2. The molecule has 8 saturated heterocycles. The number of carboxylic acids is 1. The number of fused-ring (bicyclic) bond motifs is 8. The number of nitrogens with two attached hydrogens (primary N) is 2. The van der Waals surface area contributed by atoms with Gasteiger partial charge < -0.3 is 59.3 Å². The number of benzene rings is 4. The lowest BCUT2D eigenvalue weighted by Gasteiger charge is -2.55. The maximum absolute atomic E-state index is 14.0. The van der Waals surface area contributed by atoms with Crippen LogP contribution in [0.15, 0.2) is 93.0 Å². The van der Waals surface area contributed by atoms with E-state index in [2.05, 4.69) is 0 Å². The van der Waals surface area contributed by atoms with Gasteiger partial charge in [-0.2, -0.15) is 0 Å². The minimum atomic E-state index is -4.01. The topological polar surface area (TPSA) is 282 Å². The highest BCUT2D eigenvalue weighted by molar-refractivity contribution is 7.93. The molecular formula is C62H79N10O12S2+3. The van der Waals surface area contributed by atoms with Crippen molar-refractivity contribution in [2.24, 2.45) is 35.1 Å². The first-order valence-corrected chi connectivity index (χ1v) is 33.3. The first-order chi connectivity index (χ1) is 40.7. The van der Waals surface area contributed by atoms with Crippen LogP contribution in [0, 0.1) is 23.7 Å². The number of rotatable bonds is 17. The predicted octanol–water partition coefficient (Wildman–Crippen LogP) is 0.0672. The van der Waals surface area contributed by atoms with Gasteiger partial charge in [-0.3, -0.25) is 27.8 Å². The van der Waals surface area contributed by atoms with Crippen LogP contribution in [0.1, 0.15) is 45.7 Å². The van der Waals surface area contributed by atoms with Crippen molar-refractivity contribution in [3.05, 3.63) is 94.3 Å². The Morgan fingerprint density at radius 2 is 0.953 bits per heavy atom. The largest absolute Gasteiger partial charge is 0.543 e. The highest BCUT2D eigenvalue weighted by atomic mass is 32.2. The van der Waals surface area contributed by atoms with Crippen molar-refractivity contribution in [3.8, 4) is 0 Å². The van der Waals surface area contributed by atoms with Crippen LogP contribution in [0.25, 0.3) is 21.5 Å². The quantitative estimate of drug-likeness (QED) is 0.0808. The zero-order valence-electron chi connectivity index (χ0n) is 49.6. The van der Waals surface area contributed by atoms with Crippen LogP contribution in [0.2, 0.25) is 0 Å². The number of allylic oxidation sites excluding steroid dienone is 1. The summed E-state index contributed by atoms with van der Waals surface area (Å²) in [7, 11) is -7.77. The average Bonchev–Trinajstić information content (AvgIpc) is 1.58. The lowest BCUT2D eigenvalue weighted by Crippen LogP contribution is -2.76.